The standard InChI is InChI=1S/C13H9ClF3N3OS/c14-9-2-3-10(18-6-9)20-11(21)7-22-12-4-1-8(5-19-12)13(15,16)17/h1-6H,7H2,(H,18,20,21). The predicted molar refractivity (Wildman–Crippen MR) is 77.8 cm³/mol. The second-order valence-corrected chi connectivity index (χ2v) is 5.51. The van der Waals surface area contributed by atoms with Crippen LogP contribution in [0.15, 0.2) is 41.7 Å². The molecule has 1 amide bonds. The highest BCUT2D eigenvalue weighted by Crippen LogP contribution is 2.29. The van der Waals surface area contributed by atoms with E-state index in [4.69, 9.17) is 11.6 Å². The van der Waals surface area contributed by atoms with Crippen LogP contribution < -0.4 is 5.32 Å². The fourth-order valence-corrected chi connectivity index (χ4v) is 2.16. The van der Waals surface area contributed by atoms with Crippen LogP contribution in [0, 0.1) is 0 Å². The van der Waals surface area contributed by atoms with Crippen molar-refractivity contribution in [2.75, 3.05) is 11.1 Å². The van der Waals surface area contributed by atoms with Crippen LogP contribution in [0.5, 0.6) is 0 Å². The Kier molecular flexibility index (Phi) is 5.25. The summed E-state index contributed by atoms with van der Waals surface area (Å²) in [4.78, 5) is 19.2. The highest BCUT2D eigenvalue weighted by Gasteiger charge is 2.30. The number of halogens is 4. The molecule has 0 bridgehead atoms. The van der Waals surface area contributed by atoms with Crippen molar-refractivity contribution >= 4 is 35.1 Å². The van der Waals surface area contributed by atoms with E-state index in [1.54, 1.807) is 12.1 Å². The molecule has 0 aliphatic carbocycles. The number of thioether (sulfide) groups is 1. The molecule has 9 heteroatoms. The molecule has 0 fully saturated rings. The lowest BCUT2D eigenvalue weighted by Crippen LogP contribution is -2.15. The Morgan fingerprint density at radius 2 is 1.95 bits per heavy atom. The highest BCUT2D eigenvalue weighted by atomic mass is 35.5. The van der Waals surface area contributed by atoms with Gasteiger partial charge in [-0.25, -0.2) is 9.97 Å². The van der Waals surface area contributed by atoms with Crippen molar-refractivity contribution in [2.45, 2.75) is 11.2 Å². The number of rotatable bonds is 4. The molecule has 0 aliphatic rings. The minimum Gasteiger partial charge on any atom is -0.310 e. The molecule has 0 saturated heterocycles. The zero-order valence-corrected chi connectivity index (χ0v) is 12.5. The largest absolute Gasteiger partial charge is 0.417 e. The van der Waals surface area contributed by atoms with Crippen molar-refractivity contribution in [3.05, 3.63) is 47.2 Å². The van der Waals surface area contributed by atoms with Gasteiger partial charge in [0.2, 0.25) is 5.91 Å². The number of pyridine rings is 2. The molecule has 0 atom stereocenters. The van der Waals surface area contributed by atoms with Gasteiger partial charge in [0, 0.05) is 12.4 Å². The monoisotopic (exact) mass is 347 g/mol. The van der Waals surface area contributed by atoms with E-state index in [-0.39, 0.29) is 11.7 Å². The molecule has 2 rings (SSSR count). The quantitative estimate of drug-likeness (QED) is 0.853. The van der Waals surface area contributed by atoms with Crippen molar-refractivity contribution < 1.29 is 18.0 Å². The Balaban J connectivity index is 1.87. The SMILES string of the molecule is O=C(CSc1ccc(C(F)(F)F)cn1)Nc1ccc(Cl)cn1. The summed E-state index contributed by atoms with van der Waals surface area (Å²) in [5, 5.41) is 3.31. The van der Waals surface area contributed by atoms with Gasteiger partial charge in [-0.15, -0.1) is 0 Å². The maximum absolute atomic E-state index is 12.4. The van der Waals surface area contributed by atoms with Crippen LogP contribution in [-0.4, -0.2) is 21.6 Å². The maximum atomic E-state index is 12.4. The van der Waals surface area contributed by atoms with Gasteiger partial charge >= 0.3 is 6.18 Å². The lowest BCUT2D eigenvalue weighted by molar-refractivity contribution is -0.137. The number of nitrogens with one attached hydrogen (secondary N) is 1. The van der Waals surface area contributed by atoms with Gasteiger partial charge in [0.05, 0.1) is 21.4 Å². The summed E-state index contributed by atoms with van der Waals surface area (Å²) < 4.78 is 37.1. The van der Waals surface area contributed by atoms with E-state index in [1.165, 1.54) is 12.3 Å². The summed E-state index contributed by atoms with van der Waals surface area (Å²) in [5.41, 5.74) is -0.827. The Hall–Kier alpha value is -1.80. The molecular formula is C13H9ClF3N3OS. The van der Waals surface area contributed by atoms with Gasteiger partial charge < -0.3 is 5.32 Å². The van der Waals surface area contributed by atoms with E-state index >= 15 is 0 Å². The second kappa shape index (κ2) is 6.97. The van der Waals surface area contributed by atoms with Crippen LogP contribution in [-0.2, 0) is 11.0 Å². The summed E-state index contributed by atoms with van der Waals surface area (Å²) in [5.74, 6) is -0.000222. The van der Waals surface area contributed by atoms with Crippen LogP contribution >= 0.6 is 23.4 Å². The summed E-state index contributed by atoms with van der Waals surface area (Å²) >= 11 is 6.69. The Morgan fingerprint density at radius 3 is 2.50 bits per heavy atom. The van der Waals surface area contributed by atoms with Gasteiger partial charge in [0.25, 0.3) is 0 Å². The predicted octanol–water partition coefficient (Wildman–Crippen LogP) is 3.88. The Morgan fingerprint density at radius 1 is 1.18 bits per heavy atom. The van der Waals surface area contributed by atoms with E-state index in [2.05, 4.69) is 15.3 Å². The normalized spacial score (nSPS) is 11.3. The molecule has 2 aromatic rings. The number of carbonyl (C=O) groups excluding carboxylic acids is 1. The molecule has 0 unspecified atom stereocenters. The average Bonchev–Trinajstić information content (AvgIpc) is 2.47. The number of carbonyl (C=O) groups is 1. The molecule has 2 aromatic heterocycles. The number of amides is 1. The number of hydrogen-bond acceptors (Lipinski definition) is 4. The van der Waals surface area contributed by atoms with Gasteiger partial charge in [-0.3, -0.25) is 4.79 Å². The molecule has 22 heavy (non-hydrogen) atoms. The molecule has 0 aromatic carbocycles. The van der Waals surface area contributed by atoms with Crippen molar-refractivity contribution in [1.29, 1.82) is 0 Å². The van der Waals surface area contributed by atoms with Crippen molar-refractivity contribution in [1.82, 2.24) is 9.97 Å². The second-order valence-electron chi connectivity index (χ2n) is 4.08. The minimum absolute atomic E-state index is 0.00265. The third kappa shape index (κ3) is 4.88. The van der Waals surface area contributed by atoms with Crippen molar-refractivity contribution in [3.63, 3.8) is 0 Å². The molecule has 0 radical (unpaired) electrons. The molecule has 0 saturated carbocycles. The minimum atomic E-state index is -4.42. The van der Waals surface area contributed by atoms with Crippen molar-refractivity contribution in [3.8, 4) is 0 Å². The Labute approximate surface area is 133 Å². The molecule has 116 valence electrons. The number of nitrogens with zero attached hydrogens (tertiary/aromatic N) is 2. The fraction of sp³-hybridized carbons (Fsp3) is 0.154. The number of hydrogen-bond donors (Lipinski definition) is 1. The van der Waals surface area contributed by atoms with Gasteiger partial charge in [-0.1, -0.05) is 23.4 Å². The number of alkyl halides is 3. The van der Waals surface area contributed by atoms with Crippen LogP contribution in [0.1, 0.15) is 5.56 Å². The number of anilines is 1. The fourth-order valence-electron chi connectivity index (χ4n) is 1.40. The van der Waals surface area contributed by atoms with Crippen LogP contribution in [0.4, 0.5) is 19.0 Å². The van der Waals surface area contributed by atoms with Gasteiger partial charge in [0.15, 0.2) is 0 Å². The average molecular weight is 348 g/mol. The first kappa shape index (κ1) is 16.6. The molecule has 0 spiro atoms. The summed E-state index contributed by atoms with van der Waals surface area (Å²) in [7, 11) is 0. The molecule has 2 heterocycles. The first-order valence-corrected chi connectivity index (χ1v) is 7.28. The molecule has 0 aliphatic heterocycles. The molecule has 1 N–H and O–H groups in total. The molecular weight excluding hydrogens is 339 g/mol. The lowest BCUT2D eigenvalue weighted by atomic mass is 10.3. The van der Waals surface area contributed by atoms with Gasteiger partial charge in [-0.2, -0.15) is 13.2 Å². The summed E-state index contributed by atoms with van der Waals surface area (Å²) in [6.45, 7) is 0. The number of aromatic nitrogens is 2. The highest BCUT2D eigenvalue weighted by molar-refractivity contribution is 7.99. The molecule has 4 nitrogen and oxygen atoms in total. The lowest BCUT2D eigenvalue weighted by Gasteiger charge is -2.07. The van der Waals surface area contributed by atoms with E-state index in [0.717, 1.165) is 24.0 Å². The van der Waals surface area contributed by atoms with E-state index in [9.17, 15) is 18.0 Å². The third-order valence-corrected chi connectivity index (χ3v) is 3.58. The summed E-state index contributed by atoms with van der Waals surface area (Å²) in [6, 6.07) is 5.27. The van der Waals surface area contributed by atoms with Crippen LogP contribution in [0.3, 0.4) is 0 Å². The van der Waals surface area contributed by atoms with E-state index in [0.29, 0.717) is 15.9 Å². The maximum Gasteiger partial charge on any atom is 0.417 e. The van der Waals surface area contributed by atoms with Crippen LogP contribution in [0.2, 0.25) is 5.02 Å². The third-order valence-electron chi connectivity index (χ3n) is 2.41. The first-order chi connectivity index (χ1) is 10.3. The van der Waals surface area contributed by atoms with Crippen molar-refractivity contribution in [2.24, 2.45) is 0 Å². The van der Waals surface area contributed by atoms with Gasteiger partial charge in [0.1, 0.15) is 5.82 Å². The van der Waals surface area contributed by atoms with Crippen LogP contribution in [0.25, 0.3) is 0 Å². The zero-order chi connectivity index (χ0) is 16.2. The summed E-state index contributed by atoms with van der Waals surface area (Å²) in [6.07, 6.45) is -2.30. The Bertz CT molecular complexity index is 647. The zero-order valence-electron chi connectivity index (χ0n) is 10.9. The first-order valence-electron chi connectivity index (χ1n) is 5.92. The van der Waals surface area contributed by atoms with Gasteiger partial charge in [-0.05, 0) is 24.3 Å². The van der Waals surface area contributed by atoms with E-state index < -0.39 is 11.7 Å². The van der Waals surface area contributed by atoms with E-state index in [1.807, 2.05) is 0 Å². The smallest absolute Gasteiger partial charge is 0.310 e. The topological polar surface area (TPSA) is 54.9 Å².